The second kappa shape index (κ2) is 7.51. The van der Waals surface area contributed by atoms with E-state index in [1.165, 1.54) is 11.9 Å². The van der Waals surface area contributed by atoms with Crippen LogP contribution < -0.4 is 10.6 Å². The van der Waals surface area contributed by atoms with E-state index in [0.717, 1.165) is 39.6 Å². The van der Waals surface area contributed by atoms with E-state index in [9.17, 15) is 0 Å². The Labute approximate surface area is 167 Å². The van der Waals surface area contributed by atoms with E-state index in [1.807, 2.05) is 42.5 Å². The first-order valence-corrected chi connectivity index (χ1v) is 9.38. The third-order valence-electron chi connectivity index (χ3n) is 4.53. The van der Waals surface area contributed by atoms with Gasteiger partial charge in [0.1, 0.15) is 0 Å². The van der Waals surface area contributed by atoms with E-state index in [1.54, 1.807) is 0 Å². The highest BCUT2D eigenvalue weighted by molar-refractivity contribution is 6.32. The first-order valence-electron chi connectivity index (χ1n) is 8.63. The molecule has 0 aliphatic rings. The minimum Gasteiger partial charge on any atom is -0.376 e. The standard InChI is InChI=1S/C21H18Cl2N4/c22-14-1-4-16(5-2-14)26-17-9-13(7-8-25-12-24)21-19(11-17)18-10-15(23)3-6-20(18)27-21/h1-6,9-12,26-27H,7-8H2,(H2,24,25). The fraction of sp³-hybridized carbons (Fsp3) is 0.0952. The fourth-order valence-electron chi connectivity index (χ4n) is 3.29. The molecule has 0 unspecified atom stereocenters. The van der Waals surface area contributed by atoms with Gasteiger partial charge in [-0.25, -0.2) is 0 Å². The number of anilines is 2. The predicted molar refractivity (Wildman–Crippen MR) is 116 cm³/mol. The molecule has 0 saturated carbocycles. The zero-order valence-corrected chi connectivity index (χ0v) is 16.0. The summed E-state index contributed by atoms with van der Waals surface area (Å²) in [6.07, 6.45) is 2.01. The smallest absolute Gasteiger partial charge is 0.0791 e. The van der Waals surface area contributed by atoms with Crippen molar-refractivity contribution >= 4 is 62.7 Å². The van der Waals surface area contributed by atoms with Crippen molar-refractivity contribution in [1.29, 1.82) is 5.41 Å². The molecular formula is C21H18Cl2N4. The number of halogens is 2. The van der Waals surface area contributed by atoms with Gasteiger partial charge < -0.3 is 15.6 Å². The summed E-state index contributed by atoms with van der Waals surface area (Å²) < 4.78 is 0. The Morgan fingerprint density at radius 2 is 1.67 bits per heavy atom. The molecule has 4 rings (SSSR count). The SMILES string of the molecule is N=CNCCc1cc(Nc2ccc(Cl)cc2)cc2c1[nH]c1ccc(Cl)cc12. The Bertz CT molecular complexity index is 1120. The first-order chi connectivity index (χ1) is 13.1. The third kappa shape index (κ3) is 3.72. The number of fused-ring (bicyclic) bond motifs is 3. The van der Waals surface area contributed by atoms with Crippen LogP contribution in [-0.2, 0) is 6.42 Å². The molecule has 0 amide bonds. The van der Waals surface area contributed by atoms with Crippen molar-refractivity contribution in [1.82, 2.24) is 10.3 Å². The maximum absolute atomic E-state index is 7.17. The maximum atomic E-state index is 7.17. The van der Waals surface area contributed by atoms with Gasteiger partial charge in [0.15, 0.2) is 0 Å². The van der Waals surface area contributed by atoms with Crippen LogP contribution in [0.25, 0.3) is 21.8 Å². The highest BCUT2D eigenvalue weighted by Crippen LogP contribution is 2.33. The Balaban J connectivity index is 1.82. The molecule has 4 nitrogen and oxygen atoms in total. The molecule has 3 aromatic carbocycles. The van der Waals surface area contributed by atoms with E-state index >= 15 is 0 Å². The molecule has 4 N–H and O–H groups in total. The largest absolute Gasteiger partial charge is 0.376 e. The normalized spacial score (nSPS) is 11.0. The van der Waals surface area contributed by atoms with Crippen molar-refractivity contribution in [3.63, 3.8) is 0 Å². The average molecular weight is 397 g/mol. The lowest BCUT2D eigenvalue weighted by molar-refractivity contribution is 0.879. The summed E-state index contributed by atoms with van der Waals surface area (Å²) in [4.78, 5) is 3.51. The molecule has 0 radical (unpaired) electrons. The number of aromatic nitrogens is 1. The summed E-state index contributed by atoms with van der Waals surface area (Å²) >= 11 is 12.2. The number of rotatable bonds is 6. The van der Waals surface area contributed by atoms with Crippen LogP contribution in [0.2, 0.25) is 10.0 Å². The second-order valence-corrected chi connectivity index (χ2v) is 7.23. The predicted octanol–water partition coefficient (Wildman–Crippen LogP) is 6.11. The molecule has 0 bridgehead atoms. The molecule has 1 heterocycles. The molecule has 6 heteroatoms. The Kier molecular flexibility index (Phi) is 4.92. The number of H-pyrrole nitrogens is 1. The lowest BCUT2D eigenvalue weighted by Gasteiger charge is -2.11. The molecule has 0 saturated heterocycles. The number of hydrogen-bond acceptors (Lipinski definition) is 2. The van der Waals surface area contributed by atoms with Crippen molar-refractivity contribution in [3.8, 4) is 0 Å². The van der Waals surface area contributed by atoms with E-state index in [2.05, 4.69) is 27.8 Å². The van der Waals surface area contributed by atoms with Crippen LogP contribution in [0, 0.1) is 5.41 Å². The van der Waals surface area contributed by atoms with Crippen molar-refractivity contribution in [3.05, 3.63) is 70.2 Å². The Morgan fingerprint density at radius 3 is 2.44 bits per heavy atom. The van der Waals surface area contributed by atoms with Crippen LogP contribution in [0.1, 0.15) is 5.56 Å². The van der Waals surface area contributed by atoms with Crippen LogP contribution in [0.3, 0.4) is 0 Å². The molecule has 136 valence electrons. The van der Waals surface area contributed by atoms with Gasteiger partial charge in [0.25, 0.3) is 0 Å². The summed E-state index contributed by atoms with van der Waals surface area (Å²) in [6.45, 7) is 0.694. The van der Waals surface area contributed by atoms with E-state index < -0.39 is 0 Å². The fourth-order valence-corrected chi connectivity index (χ4v) is 3.59. The van der Waals surface area contributed by atoms with Crippen molar-refractivity contribution in [2.75, 3.05) is 11.9 Å². The minimum atomic E-state index is 0.694. The quantitative estimate of drug-likeness (QED) is 0.180. The van der Waals surface area contributed by atoms with Crippen LogP contribution in [0.5, 0.6) is 0 Å². The van der Waals surface area contributed by atoms with Crippen LogP contribution in [-0.4, -0.2) is 17.9 Å². The second-order valence-electron chi connectivity index (χ2n) is 6.35. The van der Waals surface area contributed by atoms with Gasteiger partial charge >= 0.3 is 0 Å². The minimum absolute atomic E-state index is 0.694. The molecule has 0 atom stereocenters. The lowest BCUT2D eigenvalue weighted by Crippen LogP contribution is -2.14. The molecule has 1 aromatic heterocycles. The maximum Gasteiger partial charge on any atom is 0.0791 e. The zero-order valence-electron chi connectivity index (χ0n) is 14.4. The topological polar surface area (TPSA) is 63.7 Å². The Morgan fingerprint density at radius 1 is 0.889 bits per heavy atom. The highest BCUT2D eigenvalue weighted by Gasteiger charge is 2.11. The first kappa shape index (κ1) is 17.7. The summed E-state index contributed by atoms with van der Waals surface area (Å²) in [6, 6.07) is 17.8. The highest BCUT2D eigenvalue weighted by atomic mass is 35.5. The molecule has 0 aliphatic carbocycles. The summed E-state index contributed by atoms with van der Waals surface area (Å²) in [5.41, 5.74) is 5.29. The van der Waals surface area contributed by atoms with E-state index in [-0.39, 0.29) is 0 Å². The van der Waals surface area contributed by atoms with Gasteiger partial charge in [-0.3, -0.25) is 5.41 Å². The van der Waals surface area contributed by atoms with Crippen molar-refractivity contribution in [2.45, 2.75) is 6.42 Å². The summed E-state index contributed by atoms with van der Waals surface area (Å²) in [5.74, 6) is 0. The van der Waals surface area contributed by atoms with Crippen LogP contribution in [0.15, 0.2) is 54.6 Å². The van der Waals surface area contributed by atoms with Crippen molar-refractivity contribution in [2.24, 2.45) is 0 Å². The molecule has 4 aromatic rings. The molecule has 0 aliphatic heterocycles. The third-order valence-corrected chi connectivity index (χ3v) is 5.01. The van der Waals surface area contributed by atoms with Gasteiger partial charge in [0, 0.05) is 49.8 Å². The molecular weight excluding hydrogens is 379 g/mol. The number of aromatic amines is 1. The van der Waals surface area contributed by atoms with Gasteiger partial charge in [-0.05, 0) is 66.6 Å². The lowest BCUT2D eigenvalue weighted by atomic mass is 10.0. The summed E-state index contributed by atoms with van der Waals surface area (Å²) in [7, 11) is 0. The number of nitrogens with one attached hydrogen (secondary N) is 4. The molecule has 27 heavy (non-hydrogen) atoms. The molecule has 0 fully saturated rings. The summed E-state index contributed by atoms with van der Waals surface area (Å²) in [5, 5.41) is 17.2. The zero-order chi connectivity index (χ0) is 18.8. The average Bonchev–Trinajstić information content (AvgIpc) is 3.02. The van der Waals surface area contributed by atoms with Gasteiger partial charge in [0.2, 0.25) is 0 Å². The number of benzene rings is 3. The van der Waals surface area contributed by atoms with E-state index in [0.29, 0.717) is 16.6 Å². The van der Waals surface area contributed by atoms with Gasteiger partial charge in [0.05, 0.1) is 6.34 Å². The van der Waals surface area contributed by atoms with Gasteiger partial charge in [-0.15, -0.1) is 0 Å². The van der Waals surface area contributed by atoms with Crippen molar-refractivity contribution < 1.29 is 0 Å². The van der Waals surface area contributed by atoms with E-state index in [4.69, 9.17) is 28.6 Å². The number of hydrogen-bond donors (Lipinski definition) is 4. The van der Waals surface area contributed by atoms with Crippen LogP contribution >= 0.6 is 23.2 Å². The molecule has 0 spiro atoms. The van der Waals surface area contributed by atoms with Gasteiger partial charge in [-0.1, -0.05) is 23.2 Å². The monoisotopic (exact) mass is 396 g/mol. The van der Waals surface area contributed by atoms with Gasteiger partial charge in [-0.2, -0.15) is 0 Å². The Hall–Kier alpha value is -2.69. The van der Waals surface area contributed by atoms with Crippen LogP contribution in [0.4, 0.5) is 11.4 Å².